The molecule has 0 aliphatic rings. The largest absolute Gasteiger partial charge is 0.316 e. The average Bonchev–Trinajstić information content (AvgIpc) is 3.07. The second kappa shape index (κ2) is 7.26. The number of pyridine rings is 1. The molecular formula is C18H19N3O4S2. The average molecular weight is 406 g/mol. The van der Waals surface area contributed by atoms with E-state index in [-0.39, 0.29) is 15.5 Å². The van der Waals surface area contributed by atoms with Crippen LogP contribution in [0, 0.1) is 0 Å². The molecule has 0 unspecified atom stereocenters. The molecule has 2 heterocycles. The fraction of sp³-hybridized carbons (Fsp3) is 0.167. The Labute approximate surface area is 158 Å². The monoisotopic (exact) mass is 405 g/mol. The number of hydrogen-bond acceptors (Lipinski definition) is 6. The highest BCUT2D eigenvalue weighted by molar-refractivity contribution is 7.91. The summed E-state index contributed by atoms with van der Waals surface area (Å²) in [6.45, 7) is 0.434. The summed E-state index contributed by atoms with van der Waals surface area (Å²) >= 11 is 0. The van der Waals surface area contributed by atoms with E-state index in [0.717, 1.165) is 10.2 Å². The zero-order valence-corrected chi connectivity index (χ0v) is 16.5. The van der Waals surface area contributed by atoms with Crippen LogP contribution in [0.15, 0.2) is 70.8 Å². The Morgan fingerprint density at radius 3 is 2.44 bits per heavy atom. The summed E-state index contributed by atoms with van der Waals surface area (Å²) in [5.41, 5.74) is 1.32. The maximum absolute atomic E-state index is 13.2. The van der Waals surface area contributed by atoms with Gasteiger partial charge in [0.25, 0.3) is 10.0 Å². The predicted octanol–water partition coefficient (Wildman–Crippen LogP) is 1.91. The SMILES string of the molecule is CNCc1cc(-c2ccccc2S(C)(=O)=O)n(S(=O)(=O)c2cccnc2)c1. The molecule has 27 heavy (non-hydrogen) atoms. The van der Waals surface area contributed by atoms with Crippen LogP contribution in [0.2, 0.25) is 0 Å². The first-order valence-electron chi connectivity index (χ1n) is 8.06. The van der Waals surface area contributed by atoms with Crippen molar-refractivity contribution in [2.45, 2.75) is 16.3 Å². The van der Waals surface area contributed by atoms with Crippen LogP contribution in [0.5, 0.6) is 0 Å². The van der Waals surface area contributed by atoms with E-state index in [2.05, 4.69) is 10.3 Å². The minimum absolute atomic E-state index is 0.0229. The molecule has 1 N–H and O–H groups in total. The fourth-order valence-electron chi connectivity index (χ4n) is 2.81. The molecule has 142 valence electrons. The summed E-state index contributed by atoms with van der Waals surface area (Å²) in [6, 6.07) is 11.0. The number of benzene rings is 1. The molecule has 0 saturated carbocycles. The molecule has 0 fully saturated rings. The molecule has 0 bridgehead atoms. The maximum Gasteiger partial charge on any atom is 0.269 e. The molecule has 0 aliphatic carbocycles. The fourth-order valence-corrected chi connectivity index (χ4v) is 5.06. The van der Waals surface area contributed by atoms with Gasteiger partial charge in [0.1, 0.15) is 4.90 Å². The van der Waals surface area contributed by atoms with E-state index in [1.165, 1.54) is 36.8 Å². The Bertz CT molecular complexity index is 1170. The molecule has 0 aliphatic heterocycles. The van der Waals surface area contributed by atoms with Gasteiger partial charge in [-0.1, -0.05) is 18.2 Å². The van der Waals surface area contributed by atoms with Gasteiger partial charge in [0.05, 0.1) is 10.6 Å². The van der Waals surface area contributed by atoms with E-state index in [4.69, 9.17) is 0 Å². The molecule has 0 spiro atoms. The van der Waals surface area contributed by atoms with Crippen molar-refractivity contribution in [1.82, 2.24) is 14.3 Å². The quantitative estimate of drug-likeness (QED) is 0.673. The van der Waals surface area contributed by atoms with Gasteiger partial charge in [0.2, 0.25) is 0 Å². The van der Waals surface area contributed by atoms with Gasteiger partial charge in [0.15, 0.2) is 9.84 Å². The Kier molecular flexibility index (Phi) is 5.18. The molecule has 0 atom stereocenters. The molecule has 0 radical (unpaired) electrons. The van der Waals surface area contributed by atoms with Crippen molar-refractivity contribution in [2.24, 2.45) is 0 Å². The lowest BCUT2D eigenvalue weighted by Crippen LogP contribution is -2.14. The van der Waals surface area contributed by atoms with E-state index < -0.39 is 19.9 Å². The summed E-state index contributed by atoms with van der Waals surface area (Å²) in [5, 5.41) is 2.97. The highest BCUT2D eigenvalue weighted by Crippen LogP contribution is 2.31. The Hall–Kier alpha value is -2.49. The molecule has 1 aromatic carbocycles. The van der Waals surface area contributed by atoms with Gasteiger partial charge in [-0.15, -0.1) is 0 Å². The van der Waals surface area contributed by atoms with Gasteiger partial charge in [-0.25, -0.2) is 20.8 Å². The van der Waals surface area contributed by atoms with Crippen LogP contribution >= 0.6 is 0 Å². The zero-order chi connectivity index (χ0) is 19.7. The molecule has 3 aromatic rings. The van der Waals surface area contributed by atoms with Gasteiger partial charge in [-0.05, 0) is 36.9 Å². The lowest BCUT2D eigenvalue weighted by molar-refractivity contribution is 0.586. The van der Waals surface area contributed by atoms with Crippen LogP contribution in [-0.2, 0) is 26.4 Å². The topological polar surface area (TPSA) is 98.1 Å². The third kappa shape index (κ3) is 3.80. The summed E-state index contributed by atoms with van der Waals surface area (Å²) < 4.78 is 51.8. The van der Waals surface area contributed by atoms with E-state index in [1.807, 2.05) is 0 Å². The number of nitrogens with zero attached hydrogens (tertiary/aromatic N) is 2. The molecule has 9 heteroatoms. The van der Waals surface area contributed by atoms with Gasteiger partial charge >= 0.3 is 0 Å². The van der Waals surface area contributed by atoms with E-state index in [0.29, 0.717) is 17.7 Å². The minimum Gasteiger partial charge on any atom is -0.316 e. The van der Waals surface area contributed by atoms with E-state index in [1.54, 1.807) is 31.3 Å². The van der Waals surface area contributed by atoms with Gasteiger partial charge < -0.3 is 5.32 Å². The number of hydrogen-bond donors (Lipinski definition) is 1. The van der Waals surface area contributed by atoms with Gasteiger partial charge in [-0.3, -0.25) is 4.98 Å². The van der Waals surface area contributed by atoms with Crippen LogP contribution in [-0.4, -0.2) is 39.1 Å². The molecule has 2 aromatic heterocycles. The van der Waals surface area contributed by atoms with Crippen LogP contribution in [0.3, 0.4) is 0 Å². The molecular weight excluding hydrogens is 386 g/mol. The van der Waals surface area contributed by atoms with Crippen molar-refractivity contribution in [3.05, 3.63) is 66.6 Å². The number of sulfone groups is 1. The second-order valence-electron chi connectivity index (χ2n) is 6.02. The van der Waals surface area contributed by atoms with Crippen molar-refractivity contribution in [1.29, 1.82) is 0 Å². The van der Waals surface area contributed by atoms with E-state index >= 15 is 0 Å². The second-order valence-corrected chi connectivity index (χ2v) is 9.82. The van der Waals surface area contributed by atoms with E-state index in [9.17, 15) is 16.8 Å². The van der Waals surface area contributed by atoms with Crippen molar-refractivity contribution in [3.63, 3.8) is 0 Å². The first kappa shape index (κ1) is 19.3. The number of rotatable bonds is 6. The number of aromatic nitrogens is 2. The van der Waals surface area contributed by atoms with Gasteiger partial charge in [0, 0.05) is 37.0 Å². The Balaban J connectivity index is 2.30. The summed E-state index contributed by atoms with van der Waals surface area (Å²) in [4.78, 5) is 3.97. The highest BCUT2D eigenvalue weighted by Gasteiger charge is 2.25. The van der Waals surface area contributed by atoms with Crippen molar-refractivity contribution < 1.29 is 16.8 Å². The highest BCUT2D eigenvalue weighted by atomic mass is 32.2. The number of nitrogens with one attached hydrogen (secondary N) is 1. The first-order chi connectivity index (χ1) is 12.7. The maximum atomic E-state index is 13.2. The van der Waals surface area contributed by atoms with Crippen molar-refractivity contribution in [3.8, 4) is 11.3 Å². The third-order valence-electron chi connectivity index (χ3n) is 3.98. The van der Waals surface area contributed by atoms with Crippen LogP contribution in [0.1, 0.15) is 5.56 Å². The molecule has 7 nitrogen and oxygen atoms in total. The molecule has 3 rings (SSSR count). The summed E-state index contributed by atoms with van der Waals surface area (Å²) in [6.07, 6.45) is 5.34. The Morgan fingerprint density at radius 2 is 1.81 bits per heavy atom. The standard InChI is InChI=1S/C18H19N3O4S2/c1-19-11-14-10-17(16-7-3-4-8-18(16)26(2,22)23)21(13-14)27(24,25)15-6-5-9-20-12-15/h3-10,12-13,19H,11H2,1-2H3. The van der Waals surface area contributed by atoms with Crippen LogP contribution < -0.4 is 5.32 Å². The summed E-state index contributed by atoms with van der Waals surface area (Å²) in [5.74, 6) is 0. The zero-order valence-electron chi connectivity index (χ0n) is 14.8. The molecule has 0 amide bonds. The molecule has 0 saturated heterocycles. The third-order valence-corrected chi connectivity index (χ3v) is 6.79. The summed E-state index contributed by atoms with van der Waals surface area (Å²) in [7, 11) is -5.75. The van der Waals surface area contributed by atoms with Crippen LogP contribution in [0.4, 0.5) is 0 Å². The predicted molar refractivity (Wildman–Crippen MR) is 103 cm³/mol. The minimum atomic E-state index is -3.95. The lowest BCUT2D eigenvalue weighted by atomic mass is 10.1. The first-order valence-corrected chi connectivity index (χ1v) is 11.4. The smallest absolute Gasteiger partial charge is 0.269 e. The van der Waals surface area contributed by atoms with Crippen LogP contribution in [0.25, 0.3) is 11.3 Å². The van der Waals surface area contributed by atoms with Crippen molar-refractivity contribution >= 4 is 19.9 Å². The van der Waals surface area contributed by atoms with Gasteiger partial charge in [-0.2, -0.15) is 0 Å². The Morgan fingerprint density at radius 1 is 1.07 bits per heavy atom. The lowest BCUT2D eigenvalue weighted by Gasteiger charge is -2.12. The van der Waals surface area contributed by atoms with Crippen molar-refractivity contribution in [2.75, 3.05) is 13.3 Å². The normalized spacial score (nSPS) is 12.2.